The van der Waals surface area contributed by atoms with Crippen molar-refractivity contribution < 1.29 is 19.4 Å². The van der Waals surface area contributed by atoms with Crippen LogP contribution in [0.3, 0.4) is 0 Å². The van der Waals surface area contributed by atoms with E-state index in [-0.39, 0.29) is 17.4 Å². The summed E-state index contributed by atoms with van der Waals surface area (Å²) in [6.07, 6.45) is 1.73. The number of nitrogens with zero attached hydrogens (tertiary/aromatic N) is 1. The Morgan fingerprint density at radius 2 is 1.82 bits per heavy atom. The zero-order valence-corrected chi connectivity index (χ0v) is 15.8. The zero-order valence-electron chi connectivity index (χ0n) is 15.8. The number of aliphatic hydroxyl groups is 1. The largest absolute Gasteiger partial charge is 0.507 e. The molecule has 2 atom stereocenters. The third-order valence-corrected chi connectivity index (χ3v) is 5.40. The van der Waals surface area contributed by atoms with Gasteiger partial charge in [-0.2, -0.15) is 0 Å². The van der Waals surface area contributed by atoms with Gasteiger partial charge in [0.05, 0.1) is 17.7 Å². The molecule has 4 rings (SSSR count). The predicted molar refractivity (Wildman–Crippen MR) is 106 cm³/mol. The van der Waals surface area contributed by atoms with E-state index in [1.807, 2.05) is 37.3 Å². The monoisotopic (exact) mass is 377 g/mol. The lowest BCUT2D eigenvalue weighted by Gasteiger charge is -2.27. The molecule has 0 saturated carbocycles. The maximum Gasteiger partial charge on any atom is 0.295 e. The standard InChI is InChI=1S/C23H23NO4/c1-15-9-11-16(12-10-15)20-19(21(25)17-6-3-2-4-7-17)22(26)23(27)24(20)14-18-8-5-13-28-18/h2-4,6-7,9-12,18,20,25H,5,8,13-14H2,1H3/t18-,20-/m1/s1. The maximum atomic E-state index is 12.9. The van der Waals surface area contributed by atoms with Crippen LogP contribution < -0.4 is 0 Å². The van der Waals surface area contributed by atoms with Crippen molar-refractivity contribution in [2.45, 2.75) is 31.9 Å². The van der Waals surface area contributed by atoms with Gasteiger partial charge in [-0.3, -0.25) is 9.59 Å². The van der Waals surface area contributed by atoms with Gasteiger partial charge in [0.25, 0.3) is 11.7 Å². The van der Waals surface area contributed by atoms with E-state index >= 15 is 0 Å². The molecular weight excluding hydrogens is 354 g/mol. The van der Waals surface area contributed by atoms with E-state index in [1.165, 1.54) is 0 Å². The Morgan fingerprint density at radius 3 is 2.46 bits per heavy atom. The zero-order chi connectivity index (χ0) is 19.7. The average Bonchev–Trinajstić information content (AvgIpc) is 3.31. The molecule has 0 bridgehead atoms. The number of hydrogen-bond acceptors (Lipinski definition) is 4. The van der Waals surface area contributed by atoms with Crippen LogP contribution in [-0.4, -0.2) is 41.0 Å². The van der Waals surface area contributed by atoms with E-state index in [0.717, 1.165) is 24.0 Å². The number of ketones is 1. The minimum absolute atomic E-state index is 0.0806. The van der Waals surface area contributed by atoms with Gasteiger partial charge in [0, 0.05) is 18.7 Å². The second-order valence-electron chi connectivity index (χ2n) is 7.36. The number of aryl methyl sites for hydroxylation is 1. The molecule has 2 fully saturated rings. The molecule has 1 N–H and O–H groups in total. The summed E-state index contributed by atoms with van der Waals surface area (Å²) in [5, 5.41) is 10.9. The molecule has 28 heavy (non-hydrogen) atoms. The van der Waals surface area contributed by atoms with Crippen LogP contribution in [0.1, 0.15) is 35.6 Å². The first kappa shape index (κ1) is 18.4. The van der Waals surface area contributed by atoms with E-state index in [0.29, 0.717) is 18.7 Å². The van der Waals surface area contributed by atoms with Gasteiger partial charge < -0.3 is 14.7 Å². The summed E-state index contributed by atoms with van der Waals surface area (Å²) in [6, 6.07) is 16.0. The summed E-state index contributed by atoms with van der Waals surface area (Å²) in [7, 11) is 0. The molecule has 2 aliphatic rings. The molecule has 5 nitrogen and oxygen atoms in total. The topological polar surface area (TPSA) is 66.8 Å². The van der Waals surface area contributed by atoms with Gasteiger partial charge >= 0.3 is 0 Å². The molecule has 2 aromatic rings. The normalized spacial score (nSPS) is 24.1. The van der Waals surface area contributed by atoms with Gasteiger partial charge in [0.2, 0.25) is 0 Å². The second-order valence-corrected chi connectivity index (χ2v) is 7.36. The third-order valence-electron chi connectivity index (χ3n) is 5.40. The van der Waals surface area contributed by atoms with Gasteiger partial charge in [-0.25, -0.2) is 0 Å². The molecule has 0 spiro atoms. The Bertz CT molecular complexity index is 911. The molecule has 1 amide bonds. The summed E-state index contributed by atoms with van der Waals surface area (Å²) in [6.45, 7) is 3.00. The minimum atomic E-state index is -0.648. The van der Waals surface area contributed by atoms with E-state index in [1.54, 1.807) is 29.2 Å². The van der Waals surface area contributed by atoms with Crippen molar-refractivity contribution in [1.29, 1.82) is 0 Å². The highest BCUT2D eigenvalue weighted by Gasteiger charge is 2.46. The van der Waals surface area contributed by atoms with Crippen molar-refractivity contribution in [3.8, 4) is 0 Å². The van der Waals surface area contributed by atoms with Crippen LogP contribution >= 0.6 is 0 Å². The number of rotatable bonds is 4. The average molecular weight is 377 g/mol. The molecule has 0 unspecified atom stereocenters. The predicted octanol–water partition coefficient (Wildman–Crippen LogP) is 3.60. The Morgan fingerprint density at radius 1 is 1.11 bits per heavy atom. The first-order valence-corrected chi connectivity index (χ1v) is 9.58. The Labute approximate surface area is 164 Å². The maximum absolute atomic E-state index is 12.9. The lowest BCUT2D eigenvalue weighted by Crippen LogP contribution is -2.36. The minimum Gasteiger partial charge on any atom is -0.507 e. The number of ether oxygens (including phenoxy) is 1. The molecule has 2 aromatic carbocycles. The van der Waals surface area contributed by atoms with E-state index in [4.69, 9.17) is 4.74 Å². The molecule has 144 valence electrons. The van der Waals surface area contributed by atoms with Crippen molar-refractivity contribution in [3.63, 3.8) is 0 Å². The number of benzene rings is 2. The van der Waals surface area contributed by atoms with Crippen LogP contribution in [0, 0.1) is 6.92 Å². The van der Waals surface area contributed by atoms with Crippen molar-refractivity contribution >= 4 is 17.4 Å². The fraction of sp³-hybridized carbons (Fsp3) is 0.304. The van der Waals surface area contributed by atoms with Crippen LogP contribution in [0.15, 0.2) is 60.2 Å². The van der Waals surface area contributed by atoms with Crippen LogP contribution in [-0.2, 0) is 14.3 Å². The molecule has 5 heteroatoms. The highest BCUT2D eigenvalue weighted by Crippen LogP contribution is 2.40. The van der Waals surface area contributed by atoms with Gasteiger partial charge in [0.1, 0.15) is 5.76 Å². The quantitative estimate of drug-likeness (QED) is 0.502. The summed E-state index contributed by atoms with van der Waals surface area (Å²) < 4.78 is 5.70. The van der Waals surface area contributed by atoms with Crippen LogP contribution in [0.25, 0.3) is 5.76 Å². The van der Waals surface area contributed by atoms with E-state index in [9.17, 15) is 14.7 Å². The number of carbonyl (C=O) groups is 2. The first-order valence-electron chi connectivity index (χ1n) is 9.58. The molecule has 0 aliphatic carbocycles. The molecular formula is C23H23NO4. The summed E-state index contributed by atoms with van der Waals surface area (Å²) in [4.78, 5) is 27.3. The molecule has 2 heterocycles. The summed E-state index contributed by atoms with van der Waals surface area (Å²) in [5.74, 6) is -1.37. The number of Topliss-reactive ketones (excluding diaryl/α,β-unsaturated/α-hetero) is 1. The molecule has 0 aromatic heterocycles. The number of likely N-dealkylation sites (tertiary alicyclic amines) is 1. The molecule has 2 aliphatic heterocycles. The van der Waals surface area contributed by atoms with Gasteiger partial charge in [-0.05, 0) is 25.3 Å². The van der Waals surface area contributed by atoms with Crippen LogP contribution in [0.2, 0.25) is 0 Å². The SMILES string of the molecule is Cc1ccc([C@@H]2C(=C(O)c3ccccc3)C(=O)C(=O)N2C[C@H]2CCCO2)cc1. The van der Waals surface area contributed by atoms with E-state index in [2.05, 4.69) is 0 Å². The lowest BCUT2D eigenvalue weighted by molar-refractivity contribution is -0.140. The fourth-order valence-corrected chi connectivity index (χ4v) is 3.92. The Balaban J connectivity index is 1.81. The van der Waals surface area contributed by atoms with Crippen molar-refractivity contribution in [2.75, 3.05) is 13.2 Å². The Kier molecular flexibility index (Phi) is 5.01. The van der Waals surface area contributed by atoms with Gasteiger partial charge in [-0.15, -0.1) is 0 Å². The highest BCUT2D eigenvalue weighted by atomic mass is 16.5. The van der Waals surface area contributed by atoms with E-state index < -0.39 is 17.7 Å². The van der Waals surface area contributed by atoms with Crippen molar-refractivity contribution in [1.82, 2.24) is 4.90 Å². The van der Waals surface area contributed by atoms with Gasteiger partial charge in [-0.1, -0.05) is 60.2 Å². The summed E-state index contributed by atoms with van der Waals surface area (Å²) in [5.41, 5.74) is 2.55. The van der Waals surface area contributed by atoms with Crippen molar-refractivity contribution in [3.05, 3.63) is 76.9 Å². The molecule has 0 radical (unpaired) electrons. The smallest absolute Gasteiger partial charge is 0.295 e. The molecule has 2 saturated heterocycles. The number of amides is 1. The number of carbonyl (C=O) groups excluding carboxylic acids is 2. The van der Waals surface area contributed by atoms with Gasteiger partial charge in [0.15, 0.2) is 0 Å². The lowest BCUT2D eigenvalue weighted by atomic mass is 9.94. The summed E-state index contributed by atoms with van der Waals surface area (Å²) >= 11 is 0. The number of aliphatic hydroxyl groups excluding tert-OH is 1. The first-order chi connectivity index (χ1) is 13.6. The van der Waals surface area contributed by atoms with Crippen LogP contribution in [0.4, 0.5) is 0 Å². The Hall–Kier alpha value is -2.92. The highest BCUT2D eigenvalue weighted by molar-refractivity contribution is 6.46. The van der Waals surface area contributed by atoms with Crippen LogP contribution in [0.5, 0.6) is 0 Å². The fourth-order valence-electron chi connectivity index (χ4n) is 3.92. The van der Waals surface area contributed by atoms with Crippen molar-refractivity contribution in [2.24, 2.45) is 0 Å². The number of hydrogen-bond donors (Lipinski definition) is 1. The third kappa shape index (κ3) is 3.34. The second kappa shape index (κ2) is 7.60.